The quantitative estimate of drug-likeness (QED) is 0.0980. The Hall–Kier alpha value is -0.730. The molecule has 0 fully saturated rings. The number of carbonyl (C=O) groups is 1. The van der Waals surface area contributed by atoms with Crippen LogP contribution >= 0.6 is 0 Å². The Morgan fingerprint density at radius 3 is 1.24 bits per heavy atom. The normalized spacial score (nSPS) is 11.2. The van der Waals surface area contributed by atoms with Gasteiger partial charge in [0.1, 0.15) is 6.61 Å². The molecule has 0 heterocycles. The zero-order valence-corrected chi connectivity index (χ0v) is 22.3. The minimum absolute atomic E-state index is 0.119. The van der Waals surface area contributed by atoms with Gasteiger partial charge in [0.15, 0.2) is 0 Å². The number of ether oxygens (including phenoxy) is 6. The third-order valence-electron chi connectivity index (χ3n) is 5.52. The molecule has 0 aromatic rings. The van der Waals surface area contributed by atoms with Gasteiger partial charge in [0.2, 0.25) is 0 Å². The molecule has 0 aromatic heterocycles. The molecular weight excluding hydrogens is 436 g/mol. The fourth-order valence-corrected chi connectivity index (χ4v) is 3.48. The zero-order chi connectivity index (χ0) is 24.8. The second-order valence-electron chi connectivity index (χ2n) is 8.66. The minimum atomic E-state index is -0.119. The molecule has 0 aliphatic carbocycles. The standard InChI is InChI=1S/C27H54O7/c1-3-4-5-6-7-8-9-10-11-12-13-14-15-16-27(28)34-26-25-33-24-23-32-22-21-31-20-19-30-18-17-29-2/h3-26H2,1-2H3. The summed E-state index contributed by atoms with van der Waals surface area (Å²) in [7, 11) is 1.65. The zero-order valence-electron chi connectivity index (χ0n) is 22.3. The maximum atomic E-state index is 11.7. The molecule has 7 heteroatoms. The van der Waals surface area contributed by atoms with Crippen LogP contribution in [-0.4, -0.2) is 79.1 Å². The van der Waals surface area contributed by atoms with E-state index in [-0.39, 0.29) is 5.97 Å². The molecule has 0 amide bonds. The molecule has 0 unspecified atom stereocenters. The number of rotatable bonds is 29. The van der Waals surface area contributed by atoms with E-state index in [2.05, 4.69) is 6.92 Å². The van der Waals surface area contributed by atoms with Gasteiger partial charge < -0.3 is 28.4 Å². The summed E-state index contributed by atoms with van der Waals surface area (Å²) in [4.78, 5) is 11.7. The molecule has 0 atom stereocenters. The van der Waals surface area contributed by atoms with Crippen molar-refractivity contribution in [3.05, 3.63) is 0 Å². The Labute approximate surface area is 209 Å². The highest BCUT2D eigenvalue weighted by Gasteiger charge is 2.02. The molecule has 0 saturated carbocycles. The van der Waals surface area contributed by atoms with E-state index in [0.717, 1.165) is 12.8 Å². The Morgan fingerprint density at radius 1 is 0.471 bits per heavy atom. The number of unbranched alkanes of at least 4 members (excludes halogenated alkanes) is 12. The van der Waals surface area contributed by atoms with Crippen molar-refractivity contribution < 1.29 is 33.2 Å². The first kappa shape index (κ1) is 33.3. The molecule has 7 nitrogen and oxygen atoms in total. The second-order valence-corrected chi connectivity index (χ2v) is 8.66. The van der Waals surface area contributed by atoms with Crippen LogP contribution < -0.4 is 0 Å². The molecule has 0 rings (SSSR count). The maximum absolute atomic E-state index is 11.7. The van der Waals surface area contributed by atoms with E-state index < -0.39 is 0 Å². The Kier molecular flexibility index (Phi) is 29.7. The number of esters is 1. The van der Waals surface area contributed by atoms with Crippen molar-refractivity contribution in [1.29, 1.82) is 0 Å². The molecule has 204 valence electrons. The first-order chi connectivity index (χ1) is 16.8. The van der Waals surface area contributed by atoms with Crippen LogP contribution in [0, 0.1) is 0 Å². The van der Waals surface area contributed by atoms with Crippen LogP contribution in [0.1, 0.15) is 96.8 Å². The van der Waals surface area contributed by atoms with Crippen LogP contribution in [0.5, 0.6) is 0 Å². The first-order valence-electron chi connectivity index (χ1n) is 13.8. The van der Waals surface area contributed by atoms with Gasteiger partial charge in [-0.05, 0) is 6.42 Å². The van der Waals surface area contributed by atoms with E-state index in [9.17, 15) is 4.79 Å². The van der Waals surface area contributed by atoms with Gasteiger partial charge in [-0.2, -0.15) is 0 Å². The summed E-state index contributed by atoms with van der Waals surface area (Å²) in [5, 5.41) is 0. The lowest BCUT2D eigenvalue weighted by molar-refractivity contribution is -0.145. The van der Waals surface area contributed by atoms with E-state index >= 15 is 0 Å². The number of hydrogen-bond acceptors (Lipinski definition) is 7. The number of methoxy groups -OCH3 is 1. The van der Waals surface area contributed by atoms with Crippen molar-refractivity contribution in [1.82, 2.24) is 0 Å². The lowest BCUT2D eigenvalue weighted by atomic mass is 10.0. The fraction of sp³-hybridized carbons (Fsp3) is 0.963. The largest absolute Gasteiger partial charge is 0.463 e. The molecule has 0 N–H and O–H groups in total. The van der Waals surface area contributed by atoms with Crippen LogP contribution in [0.15, 0.2) is 0 Å². The molecule has 0 radical (unpaired) electrons. The molecule has 0 aliphatic heterocycles. The third kappa shape index (κ3) is 29.3. The summed E-state index contributed by atoms with van der Waals surface area (Å²) in [6.45, 7) is 7.31. The van der Waals surface area contributed by atoms with Crippen molar-refractivity contribution in [3.8, 4) is 0 Å². The van der Waals surface area contributed by atoms with Gasteiger partial charge in [0, 0.05) is 13.5 Å². The van der Waals surface area contributed by atoms with Crippen molar-refractivity contribution in [2.45, 2.75) is 96.8 Å². The SMILES string of the molecule is CCCCCCCCCCCCCCCC(=O)OCCOCCOCCOCCOCCOC. The van der Waals surface area contributed by atoms with Gasteiger partial charge in [-0.15, -0.1) is 0 Å². The summed E-state index contributed by atoms with van der Waals surface area (Å²) in [5.41, 5.74) is 0. The molecule has 0 saturated heterocycles. The maximum Gasteiger partial charge on any atom is 0.305 e. The van der Waals surface area contributed by atoms with Gasteiger partial charge >= 0.3 is 5.97 Å². The smallest absolute Gasteiger partial charge is 0.305 e. The average Bonchev–Trinajstić information content (AvgIpc) is 2.84. The summed E-state index contributed by atoms with van der Waals surface area (Å²) in [6.07, 6.45) is 17.5. The second kappa shape index (κ2) is 30.3. The van der Waals surface area contributed by atoms with Crippen molar-refractivity contribution in [2.75, 3.05) is 73.2 Å². The molecule has 0 aliphatic rings. The van der Waals surface area contributed by atoms with Gasteiger partial charge in [-0.25, -0.2) is 0 Å². The van der Waals surface area contributed by atoms with Crippen molar-refractivity contribution >= 4 is 5.97 Å². The van der Waals surface area contributed by atoms with Gasteiger partial charge in [0.05, 0.1) is 59.5 Å². The number of carbonyl (C=O) groups excluding carboxylic acids is 1. The van der Waals surface area contributed by atoms with Crippen molar-refractivity contribution in [3.63, 3.8) is 0 Å². The van der Waals surface area contributed by atoms with Crippen LogP contribution in [0.4, 0.5) is 0 Å². The number of hydrogen-bond donors (Lipinski definition) is 0. The van der Waals surface area contributed by atoms with E-state index in [1.807, 2.05) is 0 Å². The Balaban J connectivity index is 3.14. The average molecular weight is 491 g/mol. The van der Waals surface area contributed by atoms with E-state index in [1.54, 1.807) is 7.11 Å². The van der Waals surface area contributed by atoms with E-state index in [1.165, 1.54) is 70.6 Å². The van der Waals surface area contributed by atoms with Crippen LogP contribution in [0.25, 0.3) is 0 Å². The summed E-state index contributed by atoms with van der Waals surface area (Å²) in [6, 6.07) is 0. The highest BCUT2D eigenvalue weighted by atomic mass is 16.6. The molecule has 0 bridgehead atoms. The highest BCUT2D eigenvalue weighted by Crippen LogP contribution is 2.13. The predicted octanol–water partition coefficient (Wildman–Crippen LogP) is 5.72. The predicted molar refractivity (Wildman–Crippen MR) is 136 cm³/mol. The Bertz CT molecular complexity index is 393. The first-order valence-corrected chi connectivity index (χ1v) is 13.8. The fourth-order valence-electron chi connectivity index (χ4n) is 3.48. The summed E-state index contributed by atoms with van der Waals surface area (Å²) < 4.78 is 31.6. The van der Waals surface area contributed by atoms with Crippen molar-refractivity contribution in [2.24, 2.45) is 0 Å². The Morgan fingerprint density at radius 2 is 0.824 bits per heavy atom. The third-order valence-corrected chi connectivity index (χ3v) is 5.52. The summed E-state index contributed by atoms with van der Waals surface area (Å²) in [5.74, 6) is -0.119. The molecule has 0 aromatic carbocycles. The summed E-state index contributed by atoms with van der Waals surface area (Å²) >= 11 is 0. The van der Waals surface area contributed by atoms with Gasteiger partial charge in [-0.1, -0.05) is 84.0 Å². The monoisotopic (exact) mass is 490 g/mol. The van der Waals surface area contributed by atoms with E-state index in [0.29, 0.717) is 72.5 Å². The van der Waals surface area contributed by atoms with Crippen LogP contribution in [0.2, 0.25) is 0 Å². The molecule has 34 heavy (non-hydrogen) atoms. The van der Waals surface area contributed by atoms with Crippen LogP contribution in [-0.2, 0) is 33.2 Å². The van der Waals surface area contributed by atoms with Gasteiger partial charge in [0.25, 0.3) is 0 Å². The van der Waals surface area contributed by atoms with Crippen LogP contribution in [0.3, 0.4) is 0 Å². The highest BCUT2D eigenvalue weighted by molar-refractivity contribution is 5.69. The molecule has 0 spiro atoms. The van der Waals surface area contributed by atoms with E-state index in [4.69, 9.17) is 28.4 Å². The lowest BCUT2D eigenvalue weighted by Gasteiger charge is -2.08. The lowest BCUT2D eigenvalue weighted by Crippen LogP contribution is -2.14. The minimum Gasteiger partial charge on any atom is -0.463 e. The van der Waals surface area contributed by atoms with Gasteiger partial charge in [-0.3, -0.25) is 4.79 Å². The molecular formula is C27H54O7. The topological polar surface area (TPSA) is 72.5 Å².